The van der Waals surface area contributed by atoms with Crippen LogP contribution in [0.2, 0.25) is 0 Å². The highest BCUT2D eigenvalue weighted by Gasteiger charge is 2.00. The molecule has 1 aromatic heterocycles. The molecule has 1 heterocycles. The minimum atomic E-state index is 0.0630. The Hall–Kier alpha value is -1.39. The number of ether oxygens (including phenoxy) is 1. The van der Waals surface area contributed by atoms with E-state index in [1.54, 1.807) is 17.5 Å². The zero-order valence-corrected chi connectivity index (χ0v) is 9.91. The van der Waals surface area contributed by atoms with Crippen LogP contribution in [0, 0.1) is 0 Å². The number of hydrogen-bond donors (Lipinski definition) is 1. The molecule has 0 fully saturated rings. The van der Waals surface area contributed by atoms with E-state index < -0.39 is 0 Å². The number of thiazole rings is 1. The van der Waals surface area contributed by atoms with Crippen molar-refractivity contribution < 1.29 is 4.74 Å². The summed E-state index contributed by atoms with van der Waals surface area (Å²) in [4.78, 5) is 4.15. The normalized spacial score (nSPS) is 12.4. The molecule has 0 amide bonds. The third-order valence-corrected chi connectivity index (χ3v) is 3.00. The molecule has 16 heavy (non-hydrogen) atoms. The van der Waals surface area contributed by atoms with Gasteiger partial charge in [0.15, 0.2) is 0 Å². The van der Waals surface area contributed by atoms with Crippen molar-refractivity contribution in [2.75, 3.05) is 0 Å². The average Bonchev–Trinajstić information content (AvgIpc) is 2.80. The second-order valence-electron chi connectivity index (χ2n) is 3.57. The van der Waals surface area contributed by atoms with Crippen molar-refractivity contribution >= 4 is 11.3 Å². The quantitative estimate of drug-likeness (QED) is 0.884. The fourth-order valence-electron chi connectivity index (χ4n) is 1.34. The molecule has 1 aromatic carbocycles. The molecule has 0 aliphatic carbocycles. The number of nitrogens with two attached hydrogens (primary N) is 1. The number of hydrogen-bond acceptors (Lipinski definition) is 4. The molecule has 4 heteroatoms. The van der Waals surface area contributed by atoms with Crippen LogP contribution in [0.1, 0.15) is 23.5 Å². The molecule has 2 aromatic rings. The van der Waals surface area contributed by atoms with E-state index in [1.807, 2.05) is 36.6 Å². The third-order valence-electron chi connectivity index (χ3n) is 2.25. The standard InChI is InChI=1S/C12H14N2OS/c1-9(13)10-2-4-11(5-3-10)15-8-12-14-6-7-16-12/h2-7,9H,8,13H2,1H3/t9-/m0/s1. The highest BCUT2D eigenvalue weighted by atomic mass is 32.1. The minimum Gasteiger partial charge on any atom is -0.486 e. The number of benzene rings is 1. The Morgan fingerprint density at radius 2 is 2.12 bits per heavy atom. The summed E-state index contributed by atoms with van der Waals surface area (Å²) in [7, 11) is 0. The molecule has 2 N–H and O–H groups in total. The largest absolute Gasteiger partial charge is 0.486 e. The van der Waals surface area contributed by atoms with Gasteiger partial charge in [-0.3, -0.25) is 0 Å². The zero-order valence-electron chi connectivity index (χ0n) is 9.09. The lowest BCUT2D eigenvalue weighted by Gasteiger charge is -2.07. The Kier molecular flexibility index (Phi) is 3.54. The van der Waals surface area contributed by atoms with Gasteiger partial charge in [-0.2, -0.15) is 0 Å². The molecule has 3 nitrogen and oxygen atoms in total. The van der Waals surface area contributed by atoms with Gasteiger partial charge in [-0.15, -0.1) is 11.3 Å². The molecule has 0 radical (unpaired) electrons. The van der Waals surface area contributed by atoms with Crippen LogP contribution in [-0.4, -0.2) is 4.98 Å². The van der Waals surface area contributed by atoms with Crippen LogP contribution < -0.4 is 10.5 Å². The lowest BCUT2D eigenvalue weighted by molar-refractivity contribution is 0.305. The fraction of sp³-hybridized carbons (Fsp3) is 0.250. The molecule has 0 aliphatic rings. The molecule has 1 atom stereocenters. The van der Waals surface area contributed by atoms with E-state index in [4.69, 9.17) is 10.5 Å². The molecule has 2 rings (SSSR count). The minimum absolute atomic E-state index is 0.0630. The Labute approximate surface area is 98.9 Å². The van der Waals surface area contributed by atoms with Crippen molar-refractivity contribution in [2.45, 2.75) is 19.6 Å². The predicted molar refractivity (Wildman–Crippen MR) is 65.5 cm³/mol. The van der Waals surface area contributed by atoms with Gasteiger partial charge in [0, 0.05) is 17.6 Å². The highest BCUT2D eigenvalue weighted by Crippen LogP contribution is 2.17. The van der Waals surface area contributed by atoms with Gasteiger partial charge in [-0.05, 0) is 24.6 Å². The van der Waals surface area contributed by atoms with Gasteiger partial charge in [0.25, 0.3) is 0 Å². The molecule has 0 aliphatic heterocycles. The van der Waals surface area contributed by atoms with Crippen LogP contribution in [0.15, 0.2) is 35.8 Å². The van der Waals surface area contributed by atoms with Crippen molar-refractivity contribution in [1.82, 2.24) is 4.98 Å². The van der Waals surface area contributed by atoms with Crippen LogP contribution in [0.25, 0.3) is 0 Å². The van der Waals surface area contributed by atoms with Crippen molar-refractivity contribution in [3.8, 4) is 5.75 Å². The van der Waals surface area contributed by atoms with Gasteiger partial charge in [0.2, 0.25) is 0 Å². The second-order valence-corrected chi connectivity index (χ2v) is 4.55. The second kappa shape index (κ2) is 5.09. The van der Waals surface area contributed by atoms with Crippen LogP contribution >= 0.6 is 11.3 Å². The third kappa shape index (κ3) is 2.81. The van der Waals surface area contributed by atoms with Crippen LogP contribution in [0.3, 0.4) is 0 Å². The molecule has 0 bridgehead atoms. The van der Waals surface area contributed by atoms with E-state index in [0.29, 0.717) is 6.61 Å². The summed E-state index contributed by atoms with van der Waals surface area (Å²) in [6.45, 7) is 2.49. The molecule has 84 valence electrons. The van der Waals surface area contributed by atoms with E-state index in [2.05, 4.69) is 4.98 Å². The summed E-state index contributed by atoms with van der Waals surface area (Å²) in [5, 5.41) is 2.93. The maximum absolute atomic E-state index is 5.77. The maximum atomic E-state index is 5.77. The summed E-state index contributed by atoms with van der Waals surface area (Å²) >= 11 is 1.59. The smallest absolute Gasteiger partial charge is 0.140 e. The first-order valence-electron chi connectivity index (χ1n) is 5.12. The summed E-state index contributed by atoms with van der Waals surface area (Å²) in [5.41, 5.74) is 6.88. The molecule has 0 saturated heterocycles. The molecule has 0 saturated carbocycles. The van der Waals surface area contributed by atoms with Gasteiger partial charge >= 0.3 is 0 Å². The van der Waals surface area contributed by atoms with Gasteiger partial charge in [0.05, 0.1) is 0 Å². The Morgan fingerprint density at radius 1 is 1.38 bits per heavy atom. The summed E-state index contributed by atoms with van der Waals surface area (Å²) in [6.07, 6.45) is 1.78. The number of rotatable bonds is 4. The van der Waals surface area contributed by atoms with Gasteiger partial charge in [-0.1, -0.05) is 12.1 Å². The van der Waals surface area contributed by atoms with Crippen molar-refractivity contribution in [3.05, 3.63) is 46.4 Å². The predicted octanol–water partition coefficient (Wildman–Crippen LogP) is 2.74. The lowest BCUT2D eigenvalue weighted by Crippen LogP contribution is -2.04. The number of aromatic nitrogens is 1. The molecule has 0 spiro atoms. The Bertz CT molecular complexity index is 423. The summed E-state index contributed by atoms with van der Waals surface area (Å²) in [5.74, 6) is 0.847. The Balaban J connectivity index is 1.95. The monoisotopic (exact) mass is 234 g/mol. The van der Waals surface area contributed by atoms with Gasteiger partial charge in [0.1, 0.15) is 17.4 Å². The van der Waals surface area contributed by atoms with Crippen LogP contribution in [0.5, 0.6) is 5.75 Å². The van der Waals surface area contributed by atoms with E-state index in [1.165, 1.54) is 0 Å². The zero-order chi connectivity index (χ0) is 11.4. The fourth-order valence-corrected chi connectivity index (χ4v) is 1.86. The van der Waals surface area contributed by atoms with Crippen LogP contribution in [0.4, 0.5) is 0 Å². The summed E-state index contributed by atoms with van der Waals surface area (Å²) < 4.78 is 5.59. The molecule has 0 unspecified atom stereocenters. The van der Waals surface area contributed by atoms with Crippen molar-refractivity contribution in [1.29, 1.82) is 0 Å². The van der Waals surface area contributed by atoms with E-state index in [9.17, 15) is 0 Å². The topological polar surface area (TPSA) is 48.1 Å². The average molecular weight is 234 g/mol. The molecular weight excluding hydrogens is 220 g/mol. The van der Waals surface area contributed by atoms with Crippen molar-refractivity contribution in [3.63, 3.8) is 0 Å². The van der Waals surface area contributed by atoms with E-state index in [-0.39, 0.29) is 6.04 Å². The van der Waals surface area contributed by atoms with E-state index in [0.717, 1.165) is 16.3 Å². The first kappa shape index (κ1) is 11.1. The highest BCUT2D eigenvalue weighted by molar-refractivity contribution is 7.09. The lowest BCUT2D eigenvalue weighted by atomic mass is 10.1. The first-order valence-corrected chi connectivity index (χ1v) is 6.00. The summed E-state index contributed by atoms with van der Waals surface area (Å²) in [6, 6.07) is 7.91. The van der Waals surface area contributed by atoms with Gasteiger partial charge in [-0.25, -0.2) is 4.98 Å². The van der Waals surface area contributed by atoms with Crippen molar-refractivity contribution in [2.24, 2.45) is 5.73 Å². The first-order chi connectivity index (χ1) is 7.75. The van der Waals surface area contributed by atoms with E-state index >= 15 is 0 Å². The number of nitrogens with zero attached hydrogens (tertiary/aromatic N) is 1. The maximum Gasteiger partial charge on any atom is 0.140 e. The van der Waals surface area contributed by atoms with Gasteiger partial charge < -0.3 is 10.5 Å². The Morgan fingerprint density at radius 3 is 2.69 bits per heavy atom. The van der Waals surface area contributed by atoms with Crippen LogP contribution in [-0.2, 0) is 6.61 Å². The SMILES string of the molecule is C[C@H](N)c1ccc(OCc2nccs2)cc1. The molecular formula is C12H14N2OS.